The lowest BCUT2D eigenvalue weighted by molar-refractivity contribution is -0.123. The van der Waals surface area contributed by atoms with Gasteiger partial charge < -0.3 is 5.32 Å². The largest absolute Gasteiger partial charge is 0.351 e. The van der Waals surface area contributed by atoms with Crippen LogP contribution in [0.2, 0.25) is 0 Å². The number of nitrogens with zero attached hydrogens (tertiary/aromatic N) is 1. The number of rotatable bonds is 4. The molecule has 1 aliphatic rings. The first-order valence-electron chi connectivity index (χ1n) is 8.91. The summed E-state index contributed by atoms with van der Waals surface area (Å²) in [4.78, 5) is 38.7. The molecule has 0 spiro atoms. The first-order chi connectivity index (χ1) is 11.9. The van der Waals surface area contributed by atoms with Gasteiger partial charge in [-0.25, -0.2) is 4.79 Å². The Morgan fingerprint density at radius 2 is 1.96 bits per heavy atom. The summed E-state index contributed by atoms with van der Waals surface area (Å²) >= 11 is 0. The zero-order chi connectivity index (χ0) is 18.0. The Morgan fingerprint density at radius 3 is 2.68 bits per heavy atom. The van der Waals surface area contributed by atoms with E-state index >= 15 is 0 Å². The lowest BCUT2D eigenvalue weighted by Gasteiger charge is -2.37. The van der Waals surface area contributed by atoms with Gasteiger partial charge in [-0.15, -0.1) is 0 Å². The SMILES string of the molecule is CC1CCC(C)(NC(=O)CCn2c(=O)[nH]c(=O)c3ccccc32)CC1. The molecule has 1 amide bonds. The van der Waals surface area contributed by atoms with Crippen molar-refractivity contribution in [3.05, 3.63) is 45.1 Å². The van der Waals surface area contributed by atoms with Crippen LogP contribution in [0.25, 0.3) is 10.9 Å². The number of hydrogen-bond acceptors (Lipinski definition) is 3. The summed E-state index contributed by atoms with van der Waals surface area (Å²) < 4.78 is 1.46. The number of carbonyl (C=O) groups is 1. The second-order valence-electron chi connectivity index (χ2n) is 7.47. The van der Waals surface area contributed by atoms with Crippen molar-refractivity contribution in [2.75, 3.05) is 0 Å². The third-order valence-electron chi connectivity index (χ3n) is 5.29. The Hall–Kier alpha value is -2.37. The van der Waals surface area contributed by atoms with Gasteiger partial charge in [-0.3, -0.25) is 19.1 Å². The fourth-order valence-electron chi connectivity index (χ4n) is 3.60. The Bertz CT molecular complexity index is 889. The number of nitrogens with one attached hydrogen (secondary N) is 2. The highest BCUT2D eigenvalue weighted by atomic mass is 16.2. The molecule has 1 fully saturated rings. The second kappa shape index (κ2) is 6.86. The standard InChI is InChI=1S/C19H25N3O3/c1-13-7-10-19(2,11-8-13)21-16(23)9-12-22-15-6-4-3-5-14(15)17(24)20-18(22)25/h3-6,13H,7-12H2,1-2H3,(H,21,23)(H,20,24,25). The van der Waals surface area contributed by atoms with Crippen molar-refractivity contribution >= 4 is 16.8 Å². The quantitative estimate of drug-likeness (QED) is 0.892. The minimum atomic E-state index is -0.478. The molecular formula is C19H25N3O3. The van der Waals surface area contributed by atoms with E-state index in [1.165, 1.54) is 4.57 Å². The molecule has 0 saturated heterocycles. The van der Waals surface area contributed by atoms with Gasteiger partial charge in [0.25, 0.3) is 5.56 Å². The second-order valence-corrected chi connectivity index (χ2v) is 7.47. The van der Waals surface area contributed by atoms with Gasteiger partial charge in [0.2, 0.25) is 5.91 Å². The van der Waals surface area contributed by atoms with Crippen molar-refractivity contribution in [2.24, 2.45) is 5.92 Å². The molecule has 1 aliphatic carbocycles. The Kier molecular flexibility index (Phi) is 4.79. The van der Waals surface area contributed by atoms with Gasteiger partial charge in [-0.2, -0.15) is 0 Å². The predicted molar refractivity (Wildman–Crippen MR) is 97.6 cm³/mol. The smallest absolute Gasteiger partial charge is 0.328 e. The summed E-state index contributed by atoms with van der Waals surface area (Å²) in [7, 11) is 0. The van der Waals surface area contributed by atoms with Gasteiger partial charge in [-0.05, 0) is 50.7 Å². The molecule has 1 saturated carbocycles. The minimum absolute atomic E-state index is 0.0563. The lowest BCUT2D eigenvalue weighted by atomic mass is 9.78. The average molecular weight is 343 g/mol. The van der Waals surface area contributed by atoms with E-state index in [2.05, 4.69) is 24.1 Å². The van der Waals surface area contributed by atoms with Crippen LogP contribution in [0, 0.1) is 5.92 Å². The third-order valence-corrected chi connectivity index (χ3v) is 5.29. The fourth-order valence-corrected chi connectivity index (χ4v) is 3.60. The van der Waals surface area contributed by atoms with Crippen molar-refractivity contribution in [3.63, 3.8) is 0 Å². The van der Waals surface area contributed by atoms with Crippen molar-refractivity contribution < 1.29 is 4.79 Å². The summed E-state index contributed by atoms with van der Waals surface area (Å²) in [5.74, 6) is 0.662. The summed E-state index contributed by atoms with van der Waals surface area (Å²) in [6.07, 6.45) is 4.44. The van der Waals surface area contributed by atoms with Crippen molar-refractivity contribution in [1.82, 2.24) is 14.9 Å². The predicted octanol–water partition coefficient (Wildman–Crippen LogP) is 2.16. The Morgan fingerprint density at radius 1 is 1.28 bits per heavy atom. The van der Waals surface area contributed by atoms with Crippen LogP contribution in [0.1, 0.15) is 46.0 Å². The molecule has 1 aromatic carbocycles. The summed E-state index contributed by atoms with van der Waals surface area (Å²) in [5, 5.41) is 3.59. The zero-order valence-electron chi connectivity index (χ0n) is 14.8. The number of aromatic nitrogens is 2. The Balaban J connectivity index is 1.72. The molecule has 6 nitrogen and oxygen atoms in total. The van der Waals surface area contributed by atoms with Gasteiger partial charge >= 0.3 is 5.69 Å². The number of aryl methyl sites for hydroxylation is 1. The van der Waals surface area contributed by atoms with Crippen LogP contribution in [-0.4, -0.2) is 21.0 Å². The van der Waals surface area contributed by atoms with Gasteiger partial charge in [-0.1, -0.05) is 19.1 Å². The van der Waals surface area contributed by atoms with Crippen LogP contribution < -0.4 is 16.6 Å². The van der Waals surface area contributed by atoms with E-state index in [1.54, 1.807) is 24.3 Å². The van der Waals surface area contributed by atoms with Crippen molar-refractivity contribution in [1.29, 1.82) is 0 Å². The number of benzene rings is 1. The van der Waals surface area contributed by atoms with Crippen LogP contribution in [0.15, 0.2) is 33.9 Å². The van der Waals surface area contributed by atoms with E-state index in [0.717, 1.165) is 31.6 Å². The molecule has 0 bridgehead atoms. The zero-order valence-corrected chi connectivity index (χ0v) is 14.8. The van der Waals surface area contributed by atoms with Crippen LogP contribution in [0.5, 0.6) is 0 Å². The number of H-pyrrole nitrogens is 1. The first kappa shape index (κ1) is 17.5. The minimum Gasteiger partial charge on any atom is -0.351 e. The van der Waals surface area contributed by atoms with E-state index in [-0.39, 0.29) is 24.4 Å². The maximum absolute atomic E-state index is 12.4. The summed E-state index contributed by atoms with van der Waals surface area (Å²) in [6, 6.07) is 6.94. The van der Waals surface area contributed by atoms with E-state index in [1.807, 2.05) is 0 Å². The highest BCUT2D eigenvalue weighted by Crippen LogP contribution is 2.31. The van der Waals surface area contributed by atoms with Gasteiger partial charge in [0.05, 0.1) is 10.9 Å². The highest BCUT2D eigenvalue weighted by Gasteiger charge is 2.30. The van der Waals surface area contributed by atoms with E-state index in [0.29, 0.717) is 10.9 Å². The number of hydrogen-bond donors (Lipinski definition) is 2. The molecule has 0 aliphatic heterocycles. The van der Waals surface area contributed by atoms with E-state index < -0.39 is 11.2 Å². The average Bonchev–Trinajstić information content (AvgIpc) is 2.57. The molecular weight excluding hydrogens is 318 g/mol. The van der Waals surface area contributed by atoms with Gasteiger partial charge in [0.15, 0.2) is 0 Å². The van der Waals surface area contributed by atoms with Gasteiger partial charge in [0, 0.05) is 18.5 Å². The molecule has 6 heteroatoms. The normalized spacial score (nSPS) is 23.5. The topological polar surface area (TPSA) is 84.0 Å². The van der Waals surface area contributed by atoms with Crippen LogP contribution >= 0.6 is 0 Å². The fraction of sp³-hybridized carbons (Fsp3) is 0.526. The van der Waals surface area contributed by atoms with Crippen LogP contribution in [-0.2, 0) is 11.3 Å². The lowest BCUT2D eigenvalue weighted by Crippen LogP contribution is -2.48. The maximum Gasteiger partial charge on any atom is 0.328 e. The molecule has 0 radical (unpaired) electrons. The van der Waals surface area contributed by atoms with Crippen LogP contribution in [0.4, 0.5) is 0 Å². The molecule has 0 atom stereocenters. The third kappa shape index (κ3) is 3.83. The maximum atomic E-state index is 12.4. The molecule has 0 unspecified atom stereocenters. The molecule has 25 heavy (non-hydrogen) atoms. The molecule has 1 aromatic heterocycles. The van der Waals surface area contributed by atoms with E-state index in [9.17, 15) is 14.4 Å². The molecule has 2 aromatic rings. The number of amides is 1. The summed E-state index contributed by atoms with van der Waals surface area (Å²) in [6.45, 7) is 4.59. The summed E-state index contributed by atoms with van der Waals surface area (Å²) in [5.41, 5.74) is -0.470. The monoisotopic (exact) mass is 343 g/mol. The van der Waals surface area contributed by atoms with Crippen molar-refractivity contribution in [3.8, 4) is 0 Å². The molecule has 2 N–H and O–H groups in total. The number of aromatic amines is 1. The van der Waals surface area contributed by atoms with Gasteiger partial charge in [0.1, 0.15) is 0 Å². The Labute approximate surface area is 146 Å². The molecule has 1 heterocycles. The molecule has 3 rings (SSSR count). The number of carbonyl (C=O) groups excluding carboxylic acids is 1. The van der Waals surface area contributed by atoms with Crippen molar-refractivity contribution in [2.45, 2.75) is 58.0 Å². The van der Waals surface area contributed by atoms with Crippen LogP contribution in [0.3, 0.4) is 0 Å². The van der Waals surface area contributed by atoms with E-state index in [4.69, 9.17) is 0 Å². The number of fused-ring (bicyclic) bond motifs is 1. The molecule has 134 valence electrons. The number of para-hydroxylation sites is 1. The highest BCUT2D eigenvalue weighted by molar-refractivity contribution is 5.79. The first-order valence-corrected chi connectivity index (χ1v) is 8.91.